The van der Waals surface area contributed by atoms with E-state index in [0.29, 0.717) is 32.1 Å². The molecule has 2 saturated heterocycles. The van der Waals surface area contributed by atoms with Crippen LogP contribution in [0.4, 0.5) is 5.69 Å². The zero-order chi connectivity index (χ0) is 19.3. The number of carbonyl (C=O) groups is 1. The Morgan fingerprint density at radius 3 is 2.25 bits per heavy atom. The summed E-state index contributed by atoms with van der Waals surface area (Å²) in [6.45, 7) is 5.89. The topological polar surface area (TPSA) is 57.5 Å². The van der Waals surface area contributed by atoms with Crippen LogP contribution in [0.5, 0.6) is 5.75 Å². The number of nitrogens with one attached hydrogen (secondary N) is 1. The number of aromatic hydroxyl groups is 1. The average Bonchev–Trinajstić information content (AvgIpc) is 2.76. The van der Waals surface area contributed by atoms with Crippen LogP contribution in [0.25, 0.3) is 0 Å². The summed E-state index contributed by atoms with van der Waals surface area (Å²) in [6.07, 6.45) is 0. The van der Waals surface area contributed by atoms with Gasteiger partial charge in [-0.25, -0.2) is 0 Å². The number of para-hydroxylation sites is 2. The van der Waals surface area contributed by atoms with Gasteiger partial charge in [-0.1, -0.05) is 42.5 Å². The standard InChI is InChI=1S/C22H27N3O3/c26-20-9-5-4-8-19(20)23-10-12-24(13-11-23)21(18-6-2-1-3-7-18)22(27)25-14-16-28-17-15-25/h1-9,21,26H,10-17H2/p+1/t21-/m1/s1. The van der Waals surface area contributed by atoms with Gasteiger partial charge >= 0.3 is 0 Å². The number of anilines is 1. The number of rotatable bonds is 4. The Morgan fingerprint density at radius 2 is 1.57 bits per heavy atom. The van der Waals surface area contributed by atoms with Crippen molar-refractivity contribution in [2.75, 3.05) is 57.4 Å². The van der Waals surface area contributed by atoms with Crippen LogP contribution in [0.15, 0.2) is 54.6 Å². The van der Waals surface area contributed by atoms with Crippen molar-refractivity contribution in [1.29, 1.82) is 0 Å². The zero-order valence-corrected chi connectivity index (χ0v) is 16.1. The Labute approximate surface area is 165 Å². The van der Waals surface area contributed by atoms with Gasteiger partial charge in [-0.2, -0.15) is 0 Å². The van der Waals surface area contributed by atoms with E-state index < -0.39 is 0 Å². The number of amides is 1. The van der Waals surface area contributed by atoms with Gasteiger partial charge in [0.15, 0.2) is 6.04 Å². The number of hydrogen-bond donors (Lipinski definition) is 2. The Bertz CT molecular complexity index is 785. The van der Waals surface area contributed by atoms with Gasteiger partial charge in [0, 0.05) is 18.7 Å². The van der Waals surface area contributed by atoms with Crippen LogP contribution in [0.2, 0.25) is 0 Å². The first kappa shape index (κ1) is 18.8. The SMILES string of the molecule is O=C([C@@H](c1ccccc1)[NH+]1CCN(c2ccccc2O)CC1)N1CCOCC1. The molecule has 2 heterocycles. The average molecular weight is 382 g/mol. The van der Waals surface area contributed by atoms with E-state index in [9.17, 15) is 9.90 Å². The normalized spacial score (nSPS) is 19.4. The molecule has 1 amide bonds. The highest BCUT2D eigenvalue weighted by atomic mass is 16.5. The first-order chi connectivity index (χ1) is 13.7. The summed E-state index contributed by atoms with van der Waals surface area (Å²) < 4.78 is 5.42. The number of benzene rings is 2. The highest BCUT2D eigenvalue weighted by Crippen LogP contribution is 2.26. The number of phenolic OH excluding ortho intramolecular Hbond substituents is 1. The van der Waals surface area contributed by atoms with Crippen LogP contribution in [0.1, 0.15) is 11.6 Å². The summed E-state index contributed by atoms with van der Waals surface area (Å²) in [5.74, 6) is 0.510. The minimum atomic E-state index is -0.189. The molecular formula is C22H28N3O3+. The van der Waals surface area contributed by atoms with Crippen molar-refractivity contribution >= 4 is 11.6 Å². The smallest absolute Gasteiger partial charge is 0.285 e. The van der Waals surface area contributed by atoms with Crippen LogP contribution in [-0.2, 0) is 9.53 Å². The molecule has 2 N–H and O–H groups in total. The number of ether oxygens (including phenoxy) is 1. The predicted molar refractivity (Wildman–Crippen MR) is 108 cm³/mol. The second-order valence-electron chi connectivity index (χ2n) is 7.42. The summed E-state index contributed by atoms with van der Waals surface area (Å²) >= 11 is 0. The van der Waals surface area contributed by atoms with Gasteiger partial charge in [0.25, 0.3) is 5.91 Å². The van der Waals surface area contributed by atoms with E-state index in [1.165, 1.54) is 4.90 Å². The van der Waals surface area contributed by atoms with Crippen LogP contribution in [0.3, 0.4) is 0 Å². The van der Waals surface area contributed by atoms with Crippen LogP contribution < -0.4 is 9.80 Å². The number of quaternary nitrogens is 1. The third-order valence-corrected chi connectivity index (χ3v) is 5.74. The van der Waals surface area contributed by atoms with Crippen molar-refractivity contribution in [3.8, 4) is 5.75 Å². The maximum absolute atomic E-state index is 13.4. The number of hydrogen-bond acceptors (Lipinski definition) is 4. The van der Waals surface area contributed by atoms with E-state index in [-0.39, 0.29) is 11.9 Å². The van der Waals surface area contributed by atoms with E-state index in [2.05, 4.69) is 17.0 Å². The molecule has 0 bridgehead atoms. The largest absolute Gasteiger partial charge is 0.506 e. The molecule has 0 unspecified atom stereocenters. The van der Waals surface area contributed by atoms with E-state index in [4.69, 9.17) is 4.74 Å². The molecule has 4 rings (SSSR count). The molecule has 6 heteroatoms. The van der Waals surface area contributed by atoms with Gasteiger partial charge in [0.1, 0.15) is 5.75 Å². The molecule has 2 fully saturated rings. The predicted octanol–water partition coefficient (Wildman–Crippen LogP) is 0.697. The molecule has 2 aliphatic rings. The summed E-state index contributed by atoms with van der Waals surface area (Å²) in [7, 11) is 0. The zero-order valence-electron chi connectivity index (χ0n) is 16.1. The molecule has 0 saturated carbocycles. The fourth-order valence-corrected chi connectivity index (χ4v) is 4.22. The lowest BCUT2D eigenvalue weighted by molar-refractivity contribution is -0.923. The number of piperazine rings is 1. The fourth-order valence-electron chi connectivity index (χ4n) is 4.22. The second kappa shape index (κ2) is 8.63. The molecule has 0 radical (unpaired) electrons. The van der Waals surface area contributed by atoms with Crippen LogP contribution in [-0.4, -0.2) is 68.4 Å². The molecule has 2 aromatic rings. The van der Waals surface area contributed by atoms with Gasteiger partial charge in [0.05, 0.1) is 45.1 Å². The van der Waals surface area contributed by atoms with Gasteiger partial charge in [0.2, 0.25) is 0 Å². The minimum Gasteiger partial charge on any atom is -0.506 e. The molecule has 0 spiro atoms. The molecule has 28 heavy (non-hydrogen) atoms. The van der Waals surface area contributed by atoms with Gasteiger partial charge < -0.3 is 24.5 Å². The lowest BCUT2D eigenvalue weighted by atomic mass is 10.0. The Balaban J connectivity index is 1.51. The van der Waals surface area contributed by atoms with Gasteiger partial charge in [-0.05, 0) is 12.1 Å². The monoisotopic (exact) mass is 382 g/mol. The number of carbonyl (C=O) groups excluding carboxylic acids is 1. The van der Waals surface area contributed by atoms with E-state index in [0.717, 1.165) is 37.4 Å². The van der Waals surface area contributed by atoms with Crippen molar-refractivity contribution in [2.24, 2.45) is 0 Å². The van der Waals surface area contributed by atoms with Crippen molar-refractivity contribution < 1.29 is 19.5 Å². The molecule has 2 aromatic carbocycles. The highest BCUT2D eigenvalue weighted by molar-refractivity contribution is 5.82. The van der Waals surface area contributed by atoms with Crippen LogP contribution in [0, 0.1) is 0 Å². The highest BCUT2D eigenvalue weighted by Gasteiger charge is 2.37. The van der Waals surface area contributed by atoms with Crippen molar-refractivity contribution in [3.63, 3.8) is 0 Å². The second-order valence-corrected chi connectivity index (χ2v) is 7.42. The summed E-state index contributed by atoms with van der Waals surface area (Å²) in [5.41, 5.74) is 1.95. The molecule has 148 valence electrons. The van der Waals surface area contributed by atoms with Crippen molar-refractivity contribution in [2.45, 2.75) is 6.04 Å². The molecular weight excluding hydrogens is 354 g/mol. The third-order valence-electron chi connectivity index (χ3n) is 5.74. The number of morpholine rings is 1. The quantitative estimate of drug-likeness (QED) is 0.817. The summed E-state index contributed by atoms with van der Waals surface area (Å²) in [4.78, 5) is 18.8. The summed E-state index contributed by atoms with van der Waals surface area (Å²) in [6, 6.07) is 17.4. The number of nitrogens with zero attached hydrogens (tertiary/aromatic N) is 2. The molecule has 1 atom stereocenters. The maximum atomic E-state index is 13.4. The van der Waals surface area contributed by atoms with Crippen LogP contribution >= 0.6 is 0 Å². The van der Waals surface area contributed by atoms with E-state index in [1.807, 2.05) is 41.3 Å². The number of phenols is 1. The van der Waals surface area contributed by atoms with Gasteiger partial charge in [-0.3, -0.25) is 4.79 Å². The lowest BCUT2D eigenvalue weighted by Gasteiger charge is -2.39. The molecule has 0 aromatic heterocycles. The minimum absolute atomic E-state index is 0.189. The first-order valence-electron chi connectivity index (χ1n) is 10.0. The third kappa shape index (κ3) is 3.98. The summed E-state index contributed by atoms with van der Waals surface area (Å²) in [5, 5.41) is 10.2. The van der Waals surface area contributed by atoms with Crippen molar-refractivity contribution in [1.82, 2.24) is 4.90 Å². The van der Waals surface area contributed by atoms with E-state index >= 15 is 0 Å². The van der Waals surface area contributed by atoms with Crippen molar-refractivity contribution in [3.05, 3.63) is 60.2 Å². The first-order valence-corrected chi connectivity index (χ1v) is 10.0. The molecule has 0 aliphatic carbocycles. The Morgan fingerprint density at radius 1 is 0.929 bits per heavy atom. The van der Waals surface area contributed by atoms with E-state index in [1.54, 1.807) is 6.07 Å². The molecule has 6 nitrogen and oxygen atoms in total. The fraction of sp³-hybridized carbons (Fsp3) is 0.409. The van der Waals surface area contributed by atoms with Gasteiger partial charge in [-0.15, -0.1) is 0 Å². The maximum Gasteiger partial charge on any atom is 0.285 e. The molecule has 2 aliphatic heterocycles. The lowest BCUT2D eigenvalue weighted by Crippen LogP contribution is -3.16. The Kier molecular flexibility index (Phi) is 5.78. The Hall–Kier alpha value is -2.57.